The average molecular weight is 215 g/mol. The minimum atomic E-state index is -0.741. The van der Waals surface area contributed by atoms with Gasteiger partial charge in [-0.2, -0.15) is 0 Å². The fourth-order valence-corrected chi connectivity index (χ4v) is 2.04. The van der Waals surface area contributed by atoms with Crippen LogP contribution in [0.5, 0.6) is 0 Å². The summed E-state index contributed by atoms with van der Waals surface area (Å²) in [7, 11) is 0. The van der Waals surface area contributed by atoms with Crippen LogP contribution in [0.1, 0.15) is 27.7 Å². The van der Waals surface area contributed by atoms with Gasteiger partial charge in [0.2, 0.25) is 0 Å². The minimum Gasteiger partial charge on any atom is -0.481 e. The van der Waals surface area contributed by atoms with E-state index in [9.17, 15) is 4.79 Å². The summed E-state index contributed by atoms with van der Waals surface area (Å²) in [5, 5.41) is 9.05. The number of nitrogens with zero attached hydrogens (tertiary/aromatic N) is 1. The molecule has 0 aromatic carbocycles. The van der Waals surface area contributed by atoms with Crippen LogP contribution in [0, 0.1) is 5.41 Å². The molecule has 0 aliphatic carbocycles. The highest BCUT2D eigenvalue weighted by Crippen LogP contribution is 2.20. The zero-order valence-corrected chi connectivity index (χ0v) is 9.99. The standard InChI is InChI=1S/C11H21NO3/c1-8-5-12(6-9(2)15-8)7-11(3,4)10(13)14/h8-9H,5-7H2,1-4H3,(H,13,14)/t8-,9+. The van der Waals surface area contributed by atoms with Crippen molar-refractivity contribution in [2.45, 2.75) is 39.9 Å². The van der Waals surface area contributed by atoms with Gasteiger partial charge in [0.05, 0.1) is 17.6 Å². The first-order valence-corrected chi connectivity index (χ1v) is 5.42. The highest BCUT2D eigenvalue weighted by molar-refractivity contribution is 5.73. The third kappa shape index (κ3) is 3.47. The van der Waals surface area contributed by atoms with E-state index in [0.717, 1.165) is 13.1 Å². The molecular weight excluding hydrogens is 194 g/mol. The summed E-state index contributed by atoms with van der Waals surface area (Å²) in [6.07, 6.45) is 0.386. The van der Waals surface area contributed by atoms with Crippen LogP contribution in [0.15, 0.2) is 0 Å². The second kappa shape index (κ2) is 4.49. The third-order valence-corrected chi connectivity index (χ3v) is 2.69. The molecule has 1 fully saturated rings. The van der Waals surface area contributed by atoms with Gasteiger partial charge in [0.25, 0.3) is 0 Å². The van der Waals surface area contributed by atoms with Crippen LogP contribution < -0.4 is 0 Å². The van der Waals surface area contributed by atoms with E-state index in [1.54, 1.807) is 13.8 Å². The maximum atomic E-state index is 11.0. The summed E-state index contributed by atoms with van der Waals surface area (Å²) in [6.45, 7) is 9.80. The second-order valence-corrected chi connectivity index (χ2v) is 5.14. The number of hydrogen-bond acceptors (Lipinski definition) is 3. The molecule has 2 atom stereocenters. The quantitative estimate of drug-likeness (QED) is 0.768. The number of aliphatic carboxylic acids is 1. The van der Waals surface area contributed by atoms with Gasteiger partial charge in [-0.25, -0.2) is 0 Å². The molecule has 1 heterocycles. The average Bonchev–Trinajstić information content (AvgIpc) is 1.99. The molecule has 0 radical (unpaired) electrons. The number of carboxylic acids is 1. The van der Waals surface area contributed by atoms with Crippen molar-refractivity contribution in [3.05, 3.63) is 0 Å². The van der Waals surface area contributed by atoms with Crippen LogP contribution in [-0.4, -0.2) is 47.8 Å². The van der Waals surface area contributed by atoms with Gasteiger partial charge < -0.3 is 9.84 Å². The Bertz CT molecular complexity index is 230. The smallest absolute Gasteiger partial charge is 0.310 e. The van der Waals surface area contributed by atoms with E-state index in [4.69, 9.17) is 9.84 Å². The molecule has 1 aliphatic heterocycles. The largest absolute Gasteiger partial charge is 0.481 e. The van der Waals surface area contributed by atoms with Crippen LogP contribution in [0.2, 0.25) is 0 Å². The first-order valence-electron chi connectivity index (χ1n) is 5.42. The van der Waals surface area contributed by atoms with Crippen LogP contribution in [0.25, 0.3) is 0 Å². The van der Waals surface area contributed by atoms with Crippen LogP contribution >= 0.6 is 0 Å². The normalized spacial score (nSPS) is 29.1. The summed E-state index contributed by atoms with van der Waals surface area (Å²) in [5.41, 5.74) is -0.684. The maximum absolute atomic E-state index is 11.0. The van der Waals surface area contributed by atoms with Gasteiger partial charge in [-0.15, -0.1) is 0 Å². The van der Waals surface area contributed by atoms with Crippen LogP contribution in [0.4, 0.5) is 0 Å². The fraction of sp³-hybridized carbons (Fsp3) is 0.909. The third-order valence-electron chi connectivity index (χ3n) is 2.69. The molecule has 1 rings (SSSR count). The monoisotopic (exact) mass is 215 g/mol. The van der Waals surface area contributed by atoms with Crippen molar-refractivity contribution in [2.75, 3.05) is 19.6 Å². The molecule has 1 aliphatic rings. The Morgan fingerprint density at radius 3 is 2.27 bits per heavy atom. The maximum Gasteiger partial charge on any atom is 0.310 e. The lowest BCUT2D eigenvalue weighted by Gasteiger charge is -2.38. The molecule has 0 aromatic heterocycles. The highest BCUT2D eigenvalue weighted by atomic mass is 16.5. The van der Waals surface area contributed by atoms with Crippen molar-refractivity contribution in [3.8, 4) is 0 Å². The molecule has 0 aromatic rings. The number of ether oxygens (including phenoxy) is 1. The van der Waals surface area contributed by atoms with Gasteiger partial charge >= 0.3 is 5.97 Å². The van der Waals surface area contributed by atoms with E-state index >= 15 is 0 Å². The highest BCUT2D eigenvalue weighted by Gasteiger charge is 2.32. The molecule has 0 saturated carbocycles. The van der Waals surface area contributed by atoms with Crippen molar-refractivity contribution >= 4 is 5.97 Å². The Morgan fingerprint density at radius 1 is 1.40 bits per heavy atom. The van der Waals surface area contributed by atoms with Crippen molar-refractivity contribution in [1.82, 2.24) is 4.90 Å². The Morgan fingerprint density at radius 2 is 1.87 bits per heavy atom. The number of hydrogen-bond donors (Lipinski definition) is 1. The molecule has 1 N–H and O–H groups in total. The lowest BCUT2D eigenvalue weighted by Crippen LogP contribution is -2.50. The zero-order valence-electron chi connectivity index (χ0n) is 9.99. The minimum absolute atomic E-state index is 0.193. The lowest BCUT2D eigenvalue weighted by atomic mass is 9.92. The van der Waals surface area contributed by atoms with Crippen LogP contribution in [0.3, 0.4) is 0 Å². The number of carboxylic acid groups (broad SMARTS) is 1. The second-order valence-electron chi connectivity index (χ2n) is 5.14. The van der Waals surface area contributed by atoms with E-state index in [1.807, 2.05) is 13.8 Å². The molecule has 0 spiro atoms. The SMILES string of the molecule is C[C@@H]1CN(CC(C)(C)C(=O)O)C[C@H](C)O1. The summed E-state index contributed by atoms with van der Waals surface area (Å²) in [5.74, 6) is -0.741. The van der Waals surface area contributed by atoms with E-state index in [-0.39, 0.29) is 12.2 Å². The molecule has 88 valence electrons. The predicted molar refractivity (Wildman–Crippen MR) is 57.9 cm³/mol. The number of morpholine rings is 1. The molecule has 0 unspecified atom stereocenters. The number of rotatable bonds is 3. The number of carbonyl (C=O) groups is 1. The van der Waals surface area contributed by atoms with Gasteiger partial charge in [0, 0.05) is 19.6 Å². The van der Waals surface area contributed by atoms with Crippen molar-refractivity contribution in [2.24, 2.45) is 5.41 Å². The Labute approximate surface area is 91.2 Å². The van der Waals surface area contributed by atoms with Crippen molar-refractivity contribution in [3.63, 3.8) is 0 Å². The first kappa shape index (κ1) is 12.5. The van der Waals surface area contributed by atoms with E-state index in [0.29, 0.717) is 6.54 Å². The molecule has 0 bridgehead atoms. The zero-order chi connectivity index (χ0) is 11.6. The molecular formula is C11H21NO3. The van der Waals surface area contributed by atoms with Gasteiger partial charge in [-0.1, -0.05) is 0 Å². The molecule has 15 heavy (non-hydrogen) atoms. The molecule has 4 nitrogen and oxygen atoms in total. The summed E-state index contributed by atoms with van der Waals surface area (Å²) in [6, 6.07) is 0. The Balaban J connectivity index is 2.54. The van der Waals surface area contributed by atoms with Crippen molar-refractivity contribution in [1.29, 1.82) is 0 Å². The Kier molecular flexibility index (Phi) is 3.73. The van der Waals surface area contributed by atoms with E-state index in [1.165, 1.54) is 0 Å². The molecule has 0 amide bonds. The van der Waals surface area contributed by atoms with E-state index < -0.39 is 11.4 Å². The van der Waals surface area contributed by atoms with Gasteiger partial charge in [0.15, 0.2) is 0 Å². The summed E-state index contributed by atoms with van der Waals surface area (Å²) < 4.78 is 5.60. The van der Waals surface area contributed by atoms with Gasteiger partial charge in [0.1, 0.15) is 0 Å². The predicted octanol–water partition coefficient (Wildman–Crippen LogP) is 1.21. The van der Waals surface area contributed by atoms with Gasteiger partial charge in [-0.3, -0.25) is 9.69 Å². The molecule has 1 saturated heterocycles. The van der Waals surface area contributed by atoms with Crippen LogP contribution in [-0.2, 0) is 9.53 Å². The summed E-state index contributed by atoms with van der Waals surface area (Å²) >= 11 is 0. The lowest BCUT2D eigenvalue weighted by molar-refractivity contribution is -0.150. The molecule has 4 heteroatoms. The van der Waals surface area contributed by atoms with Gasteiger partial charge in [-0.05, 0) is 27.7 Å². The Hall–Kier alpha value is -0.610. The topological polar surface area (TPSA) is 49.8 Å². The van der Waals surface area contributed by atoms with Crippen molar-refractivity contribution < 1.29 is 14.6 Å². The summed E-state index contributed by atoms with van der Waals surface area (Å²) in [4.78, 5) is 13.2. The first-order chi connectivity index (χ1) is 6.81. The fourth-order valence-electron chi connectivity index (χ4n) is 2.04. The van der Waals surface area contributed by atoms with E-state index in [2.05, 4.69) is 4.90 Å².